The molecule has 5 heteroatoms. The highest BCUT2D eigenvalue weighted by Gasteiger charge is 2.23. The molecule has 0 unspecified atom stereocenters. The van der Waals surface area contributed by atoms with Gasteiger partial charge in [0.1, 0.15) is 11.6 Å². The number of hydrogen-bond acceptors (Lipinski definition) is 0. The Morgan fingerprint density at radius 2 is 1.50 bits per heavy atom. The van der Waals surface area contributed by atoms with Crippen molar-refractivity contribution in [3.8, 4) is 0 Å². The summed E-state index contributed by atoms with van der Waals surface area (Å²) in [6, 6.07) is 9.44. The van der Waals surface area contributed by atoms with E-state index >= 15 is 0 Å². The fourth-order valence-electron chi connectivity index (χ4n) is 2.31. The maximum Gasteiger partial charge on any atom is 0.142 e. The molecule has 0 saturated carbocycles. The lowest BCUT2D eigenvalue weighted by atomic mass is 9.92. The summed E-state index contributed by atoms with van der Waals surface area (Å²) in [7, 11) is 0. The van der Waals surface area contributed by atoms with Crippen molar-refractivity contribution in [2.24, 2.45) is 0 Å². The molecule has 3 aromatic rings. The van der Waals surface area contributed by atoms with Gasteiger partial charge in [0, 0.05) is 29.3 Å². The van der Waals surface area contributed by atoms with E-state index in [-0.39, 0.29) is 10.6 Å². The van der Waals surface area contributed by atoms with Crippen LogP contribution >= 0.6 is 11.6 Å². The van der Waals surface area contributed by atoms with Crippen LogP contribution in [0, 0.1) is 11.6 Å². The second kappa shape index (κ2) is 5.13. The maximum absolute atomic E-state index is 14.2. The second-order valence-corrected chi connectivity index (χ2v) is 4.88. The number of hydrogen-bond donors (Lipinski definition) is 2. The zero-order valence-electron chi connectivity index (χ0n) is 10.3. The summed E-state index contributed by atoms with van der Waals surface area (Å²) in [6.07, 6.45) is 3.49. The average molecular weight is 293 g/mol. The van der Waals surface area contributed by atoms with Crippen molar-refractivity contribution in [2.75, 3.05) is 0 Å². The molecule has 20 heavy (non-hydrogen) atoms. The van der Waals surface area contributed by atoms with Gasteiger partial charge in [0.15, 0.2) is 0 Å². The molecule has 2 heterocycles. The van der Waals surface area contributed by atoms with Crippen LogP contribution in [0.2, 0.25) is 5.02 Å². The van der Waals surface area contributed by atoms with Crippen LogP contribution in [-0.4, -0.2) is 9.97 Å². The lowest BCUT2D eigenvalue weighted by Gasteiger charge is -2.16. The summed E-state index contributed by atoms with van der Waals surface area (Å²) in [4.78, 5) is 6.09. The number of nitrogens with one attached hydrogen (secondary N) is 2. The number of aromatic nitrogens is 2. The Labute approximate surface area is 119 Å². The lowest BCUT2D eigenvalue weighted by Crippen LogP contribution is -2.07. The average Bonchev–Trinajstić information content (AvgIpc) is 3.09. The molecule has 0 radical (unpaired) electrons. The van der Waals surface area contributed by atoms with Gasteiger partial charge in [-0.3, -0.25) is 0 Å². The number of rotatable bonds is 3. The van der Waals surface area contributed by atoms with Gasteiger partial charge in [0.05, 0.1) is 10.9 Å². The quantitative estimate of drug-likeness (QED) is 0.668. The summed E-state index contributed by atoms with van der Waals surface area (Å²) in [5.74, 6) is -1.61. The first kappa shape index (κ1) is 12.9. The molecule has 0 aliphatic carbocycles. The van der Waals surface area contributed by atoms with E-state index in [0.717, 1.165) is 23.5 Å². The van der Waals surface area contributed by atoms with Crippen molar-refractivity contribution in [3.05, 3.63) is 82.4 Å². The van der Waals surface area contributed by atoms with Crippen LogP contribution in [0.3, 0.4) is 0 Å². The summed E-state index contributed by atoms with van der Waals surface area (Å²) in [5.41, 5.74) is 1.78. The molecule has 1 aromatic carbocycles. The Morgan fingerprint density at radius 1 is 0.900 bits per heavy atom. The molecule has 0 bridgehead atoms. The number of halogens is 3. The molecule has 0 saturated heterocycles. The predicted molar refractivity (Wildman–Crippen MR) is 73.9 cm³/mol. The Hall–Kier alpha value is -2.07. The molecule has 102 valence electrons. The summed E-state index contributed by atoms with van der Waals surface area (Å²) >= 11 is 5.61. The lowest BCUT2D eigenvalue weighted by molar-refractivity contribution is 0.581. The molecule has 0 amide bonds. The fourth-order valence-corrected chi connectivity index (χ4v) is 2.46. The molecule has 2 N–H and O–H groups in total. The first-order valence-corrected chi connectivity index (χ1v) is 6.45. The smallest absolute Gasteiger partial charge is 0.142 e. The molecule has 2 aromatic heterocycles. The molecule has 3 rings (SSSR count). The third-order valence-corrected chi connectivity index (χ3v) is 3.51. The minimum Gasteiger partial charge on any atom is -0.364 e. The Kier molecular flexibility index (Phi) is 3.32. The van der Waals surface area contributed by atoms with Crippen LogP contribution in [0.1, 0.15) is 22.9 Å². The van der Waals surface area contributed by atoms with Crippen molar-refractivity contribution in [3.63, 3.8) is 0 Å². The standard InChI is InChI=1S/C15H11ClF2N2/c16-10-8-11(17)9(7-12(10)18)15(13-3-1-5-19-13)14-4-2-6-20-14/h1-8,15,19-20H. The van der Waals surface area contributed by atoms with E-state index in [2.05, 4.69) is 9.97 Å². The van der Waals surface area contributed by atoms with Crippen LogP contribution in [-0.2, 0) is 0 Å². The Morgan fingerprint density at radius 3 is 2.00 bits per heavy atom. The number of H-pyrrole nitrogens is 2. The number of aromatic amines is 2. The van der Waals surface area contributed by atoms with Gasteiger partial charge in [-0.1, -0.05) is 11.6 Å². The Bertz CT molecular complexity index is 672. The molecule has 0 spiro atoms. The number of benzene rings is 1. The van der Waals surface area contributed by atoms with E-state index in [9.17, 15) is 8.78 Å². The molecule has 0 aliphatic heterocycles. The highest BCUT2D eigenvalue weighted by atomic mass is 35.5. The highest BCUT2D eigenvalue weighted by Crippen LogP contribution is 2.33. The summed E-state index contributed by atoms with van der Waals surface area (Å²) in [6.45, 7) is 0. The van der Waals surface area contributed by atoms with Crippen LogP contribution in [0.4, 0.5) is 8.78 Å². The van der Waals surface area contributed by atoms with Gasteiger partial charge in [-0.15, -0.1) is 0 Å². The van der Waals surface area contributed by atoms with Gasteiger partial charge in [0.2, 0.25) is 0 Å². The van der Waals surface area contributed by atoms with Crippen LogP contribution in [0.25, 0.3) is 0 Å². The molecular weight excluding hydrogens is 282 g/mol. The van der Waals surface area contributed by atoms with E-state index < -0.39 is 17.6 Å². The van der Waals surface area contributed by atoms with Gasteiger partial charge in [-0.05, 0) is 36.4 Å². The van der Waals surface area contributed by atoms with E-state index in [4.69, 9.17) is 11.6 Å². The van der Waals surface area contributed by atoms with Gasteiger partial charge in [-0.2, -0.15) is 0 Å². The minimum absolute atomic E-state index is 0.219. The third-order valence-electron chi connectivity index (χ3n) is 3.22. The van der Waals surface area contributed by atoms with Crippen molar-refractivity contribution >= 4 is 11.6 Å². The topological polar surface area (TPSA) is 31.6 Å². The maximum atomic E-state index is 14.2. The van der Waals surface area contributed by atoms with Crippen molar-refractivity contribution in [1.82, 2.24) is 9.97 Å². The van der Waals surface area contributed by atoms with Gasteiger partial charge in [-0.25, -0.2) is 8.78 Å². The van der Waals surface area contributed by atoms with E-state index in [1.54, 1.807) is 12.4 Å². The molecular formula is C15H11ClF2N2. The van der Waals surface area contributed by atoms with Crippen LogP contribution < -0.4 is 0 Å². The summed E-state index contributed by atoms with van der Waals surface area (Å²) < 4.78 is 27.9. The SMILES string of the molecule is Fc1cc(C(c2ccc[nH]2)c2ccc[nH]2)c(F)cc1Cl. The minimum atomic E-state index is -0.633. The van der Waals surface area contributed by atoms with Gasteiger partial charge >= 0.3 is 0 Å². The molecule has 0 atom stereocenters. The fraction of sp³-hybridized carbons (Fsp3) is 0.0667. The zero-order valence-corrected chi connectivity index (χ0v) is 11.1. The van der Waals surface area contributed by atoms with E-state index in [1.807, 2.05) is 24.3 Å². The first-order chi connectivity index (χ1) is 9.66. The summed E-state index contributed by atoms with van der Waals surface area (Å²) in [5, 5.41) is -0.219. The molecule has 2 nitrogen and oxygen atoms in total. The second-order valence-electron chi connectivity index (χ2n) is 4.47. The van der Waals surface area contributed by atoms with E-state index in [0.29, 0.717) is 0 Å². The molecule has 0 aliphatic rings. The van der Waals surface area contributed by atoms with Gasteiger partial charge in [0.25, 0.3) is 0 Å². The van der Waals surface area contributed by atoms with Crippen LogP contribution in [0.5, 0.6) is 0 Å². The monoisotopic (exact) mass is 292 g/mol. The molecule has 0 fully saturated rings. The van der Waals surface area contributed by atoms with Crippen molar-refractivity contribution in [1.29, 1.82) is 0 Å². The van der Waals surface area contributed by atoms with E-state index in [1.165, 1.54) is 0 Å². The third kappa shape index (κ3) is 2.23. The Balaban J connectivity index is 2.18. The van der Waals surface area contributed by atoms with Crippen molar-refractivity contribution < 1.29 is 8.78 Å². The van der Waals surface area contributed by atoms with Crippen molar-refractivity contribution in [2.45, 2.75) is 5.92 Å². The zero-order chi connectivity index (χ0) is 14.1. The van der Waals surface area contributed by atoms with Gasteiger partial charge < -0.3 is 9.97 Å². The van der Waals surface area contributed by atoms with Crippen LogP contribution in [0.15, 0.2) is 48.8 Å². The largest absolute Gasteiger partial charge is 0.364 e. The first-order valence-electron chi connectivity index (χ1n) is 6.08. The predicted octanol–water partition coefficient (Wildman–Crippen LogP) is 4.45. The highest BCUT2D eigenvalue weighted by molar-refractivity contribution is 6.30. The normalized spacial score (nSPS) is 11.2.